The third kappa shape index (κ3) is 2.72. The molecule has 1 aromatic carbocycles. The normalized spacial score (nSPS) is 13.4. The summed E-state index contributed by atoms with van der Waals surface area (Å²) in [5, 5.41) is 11.0. The Morgan fingerprint density at radius 2 is 2.08 bits per heavy atom. The molecule has 26 heavy (non-hydrogen) atoms. The zero-order chi connectivity index (χ0) is 18.5. The molecule has 0 fully saturated rings. The maximum absolute atomic E-state index is 12.7. The fraction of sp³-hybridized carbons (Fsp3) is 0.250. The van der Waals surface area contributed by atoms with E-state index in [4.69, 9.17) is 0 Å². The van der Waals surface area contributed by atoms with Crippen LogP contribution < -0.4 is 5.32 Å². The van der Waals surface area contributed by atoms with Crippen molar-refractivity contribution in [2.45, 2.75) is 19.1 Å². The van der Waals surface area contributed by atoms with E-state index in [1.165, 1.54) is 6.20 Å². The Balaban J connectivity index is 1.71. The summed E-state index contributed by atoms with van der Waals surface area (Å²) in [5.41, 5.74) is 3.85. The number of alkyl halides is 3. The number of aromatic amines is 1. The summed E-state index contributed by atoms with van der Waals surface area (Å²) in [5.74, 6) is -0.0815. The Hall–Kier alpha value is -3.17. The van der Waals surface area contributed by atoms with Gasteiger partial charge in [-0.25, -0.2) is 9.67 Å². The van der Waals surface area contributed by atoms with Crippen LogP contribution >= 0.6 is 0 Å². The molecule has 4 rings (SSSR count). The first-order valence-corrected chi connectivity index (χ1v) is 7.80. The van der Waals surface area contributed by atoms with Gasteiger partial charge in [-0.2, -0.15) is 18.2 Å². The molecule has 10 heteroatoms. The quantitative estimate of drug-likeness (QED) is 0.585. The molecule has 0 bridgehead atoms. The van der Waals surface area contributed by atoms with Crippen LogP contribution in [0.3, 0.4) is 0 Å². The van der Waals surface area contributed by atoms with Crippen molar-refractivity contribution in [1.29, 1.82) is 0 Å². The second kappa shape index (κ2) is 5.68. The Labute approximate surface area is 145 Å². The molecule has 0 saturated carbocycles. The van der Waals surface area contributed by atoms with E-state index in [1.54, 1.807) is 17.9 Å². The zero-order valence-corrected chi connectivity index (χ0v) is 13.8. The molecule has 0 radical (unpaired) electrons. The van der Waals surface area contributed by atoms with Gasteiger partial charge < -0.3 is 10.3 Å². The third-order valence-electron chi connectivity index (χ3n) is 4.19. The molecule has 1 atom stereocenters. The molecule has 0 saturated heterocycles. The first-order valence-electron chi connectivity index (χ1n) is 7.80. The lowest BCUT2D eigenvalue weighted by Crippen LogP contribution is -2.33. The second-order valence-electron chi connectivity index (χ2n) is 5.98. The van der Waals surface area contributed by atoms with Gasteiger partial charge in [-0.15, -0.1) is 5.10 Å². The lowest BCUT2D eigenvalue weighted by Gasteiger charge is -2.16. The lowest BCUT2D eigenvalue weighted by atomic mass is 10.1. The number of aromatic nitrogens is 6. The van der Waals surface area contributed by atoms with Gasteiger partial charge in [0, 0.05) is 30.4 Å². The summed E-state index contributed by atoms with van der Waals surface area (Å²) < 4.78 is 39.7. The van der Waals surface area contributed by atoms with Crippen LogP contribution in [0, 0.1) is 0 Å². The highest BCUT2D eigenvalue weighted by Gasteiger charge is 2.36. The number of halogens is 3. The molecular formula is C16H14F3N7. The van der Waals surface area contributed by atoms with E-state index in [-0.39, 0.29) is 5.95 Å². The van der Waals surface area contributed by atoms with Gasteiger partial charge in [0.15, 0.2) is 0 Å². The van der Waals surface area contributed by atoms with Crippen LogP contribution in [0.15, 0.2) is 30.6 Å². The maximum Gasteiger partial charge on any atom is 0.408 e. The van der Waals surface area contributed by atoms with Crippen molar-refractivity contribution in [3.05, 3.63) is 30.6 Å². The van der Waals surface area contributed by atoms with E-state index >= 15 is 0 Å². The molecule has 0 spiro atoms. The van der Waals surface area contributed by atoms with Crippen molar-refractivity contribution in [1.82, 2.24) is 29.9 Å². The number of hydrogen-bond donors (Lipinski definition) is 2. The van der Waals surface area contributed by atoms with Crippen LogP contribution in [0.5, 0.6) is 0 Å². The van der Waals surface area contributed by atoms with Gasteiger partial charge in [-0.1, -0.05) is 11.3 Å². The molecule has 3 heterocycles. The first kappa shape index (κ1) is 16.3. The van der Waals surface area contributed by atoms with Gasteiger partial charge in [0.1, 0.15) is 17.2 Å². The van der Waals surface area contributed by atoms with E-state index in [1.807, 2.05) is 18.2 Å². The minimum atomic E-state index is -4.37. The fourth-order valence-electron chi connectivity index (χ4n) is 2.69. The SMILES string of the molecule is CC(Nc1ncc2c(-c3ccc4nnn(C)c4c3)c[nH]c2n1)C(F)(F)F. The van der Waals surface area contributed by atoms with E-state index in [2.05, 4.69) is 30.6 Å². The molecule has 0 aliphatic carbocycles. The number of fused-ring (bicyclic) bond motifs is 2. The van der Waals surface area contributed by atoms with Crippen LogP contribution in [-0.4, -0.2) is 42.2 Å². The van der Waals surface area contributed by atoms with Crippen molar-refractivity contribution < 1.29 is 13.2 Å². The van der Waals surface area contributed by atoms with Crippen LogP contribution in [-0.2, 0) is 7.05 Å². The number of rotatable bonds is 3. The van der Waals surface area contributed by atoms with E-state index < -0.39 is 12.2 Å². The van der Waals surface area contributed by atoms with Crippen molar-refractivity contribution in [2.24, 2.45) is 7.05 Å². The molecule has 0 amide bonds. The van der Waals surface area contributed by atoms with Crippen LogP contribution in [0.2, 0.25) is 0 Å². The van der Waals surface area contributed by atoms with Gasteiger partial charge in [-0.3, -0.25) is 0 Å². The highest BCUT2D eigenvalue weighted by atomic mass is 19.4. The largest absolute Gasteiger partial charge is 0.408 e. The fourth-order valence-corrected chi connectivity index (χ4v) is 2.69. The smallest absolute Gasteiger partial charge is 0.345 e. The predicted molar refractivity (Wildman–Crippen MR) is 90.5 cm³/mol. The van der Waals surface area contributed by atoms with Crippen LogP contribution in [0.4, 0.5) is 19.1 Å². The molecule has 0 aliphatic heterocycles. The van der Waals surface area contributed by atoms with Crippen LogP contribution in [0.25, 0.3) is 33.2 Å². The highest BCUT2D eigenvalue weighted by molar-refractivity contribution is 5.95. The molecule has 2 N–H and O–H groups in total. The Morgan fingerprint density at radius 3 is 2.85 bits per heavy atom. The monoisotopic (exact) mass is 361 g/mol. The molecule has 134 valence electrons. The summed E-state index contributed by atoms with van der Waals surface area (Å²) >= 11 is 0. The minimum Gasteiger partial charge on any atom is -0.345 e. The summed E-state index contributed by atoms with van der Waals surface area (Å²) in [6, 6.07) is 3.96. The second-order valence-corrected chi connectivity index (χ2v) is 5.98. The Morgan fingerprint density at radius 1 is 1.27 bits per heavy atom. The molecule has 4 aromatic rings. The van der Waals surface area contributed by atoms with Gasteiger partial charge in [0.2, 0.25) is 5.95 Å². The maximum atomic E-state index is 12.7. The van der Waals surface area contributed by atoms with E-state index in [0.29, 0.717) is 11.0 Å². The molecule has 7 nitrogen and oxygen atoms in total. The average molecular weight is 361 g/mol. The molecule has 3 aromatic heterocycles. The van der Waals surface area contributed by atoms with E-state index in [0.717, 1.165) is 29.1 Å². The highest BCUT2D eigenvalue weighted by Crippen LogP contribution is 2.30. The lowest BCUT2D eigenvalue weighted by molar-refractivity contribution is -0.138. The number of benzene rings is 1. The number of aryl methyl sites for hydroxylation is 1. The molecule has 0 aliphatic rings. The van der Waals surface area contributed by atoms with Crippen molar-refractivity contribution in [3.8, 4) is 11.1 Å². The minimum absolute atomic E-state index is 0.0815. The van der Waals surface area contributed by atoms with Crippen LogP contribution in [0.1, 0.15) is 6.92 Å². The third-order valence-corrected chi connectivity index (χ3v) is 4.19. The topological polar surface area (TPSA) is 84.3 Å². The van der Waals surface area contributed by atoms with Crippen molar-refractivity contribution >= 4 is 28.0 Å². The summed E-state index contributed by atoms with van der Waals surface area (Å²) in [6.07, 6.45) is -1.11. The average Bonchev–Trinajstić information content (AvgIpc) is 3.17. The zero-order valence-electron chi connectivity index (χ0n) is 13.8. The van der Waals surface area contributed by atoms with Crippen molar-refractivity contribution in [2.75, 3.05) is 5.32 Å². The van der Waals surface area contributed by atoms with E-state index in [9.17, 15) is 13.2 Å². The summed E-state index contributed by atoms with van der Waals surface area (Å²) in [7, 11) is 1.80. The number of nitrogens with zero attached hydrogens (tertiary/aromatic N) is 5. The predicted octanol–water partition coefficient (Wildman–Crippen LogP) is 3.27. The van der Waals surface area contributed by atoms with Gasteiger partial charge in [-0.05, 0) is 24.6 Å². The number of anilines is 1. The number of hydrogen-bond acceptors (Lipinski definition) is 5. The Bertz CT molecular complexity index is 1100. The Kier molecular flexibility index (Phi) is 3.56. The number of H-pyrrole nitrogens is 1. The summed E-state index contributed by atoms with van der Waals surface area (Å²) in [6.45, 7) is 1.02. The molecular weight excluding hydrogens is 347 g/mol. The van der Waals surface area contributed by atoms with Gasteiger partial charge in [0.05, 0.1) is 5.52 Å². The standard InChI is InChI=1S/C16H14F3N7/c1-8(16(17,18)19)22-15-21-7-11-10(6-20-14(11)23-15)9-3-4-12-13(5-9)26(2)25-24-12/h3-8H,1-2H3,(H2,20,21,22,23). The summed E-state index contributed by atoms with van der Waals surface area (Å²) in [4.78, 5) is 11.1. The van der Waals surface area contributed by atoms with Gasteiger partial charge >= 0.3 is 6.18 Å². The van der Waals surface area contributed by atoms with Gasteiger partial charge in [0.25, 0.3) is 0 Å². The molecule has 1 unspecified atom stereocenters. The number of nitrogens with one attached hydrogen (secondary N) is 2. The van der Waals surface area contributed by atoms with Crippen molar-refractivity contribution in [3.63, 3.8) is 0 Å². The first-order chi connectivity index (χ1) is 12.3.